The Morgan fingerprint density at radius 2 is 1.36 bits per heavy atom. The molecule has 0 saturated carbocycles. The topological polar surface area (TPSA) is 97.5 Å². The summed E-state index contributed by atoms with van der Waals surface area (Å²) in [6.07, 6.45) is 2.21. The third-order valence-electron chi connectivity index (χ3n) is 4.12. The first-order valence-corrected chi connectivity index (χ1v) is 7.35. The van der Waals surface area contributed by atoms with Crippen LogP contribution in [0.5, 0.6) is 0 Å². The number of ketones is 2. The Balaban J connectivity index is 1.87. The Morgan fingerprint density at radius 1 is 0.818 bits per heavy atom. The molecule has 6 nitrogen and oxygen atoms in total. The highest BCUT2D eigenvalue weighted by molar-refractivity contribution is 6.28. The smallest absolute Gasteiger partial charge is 0.261 e. The number of rotatable bonds is 5. The van der Waals surface area contributed by atoms with Gasteiger partial charge in [0.1, 0.15) is 0 Å². The molecule has 22 heavy (non-hydrogen) atoms. The second kappa shape index (κ2) is 5.46. The molecule has 2 amide bonds. The van der Waals surface area contributed by atoms with E-state index in [-0.39, 0.29) is 52.1 Å². The zero-order valence-corrected chi connectivity index (χ0v) is 12.1. The molecule has 114 valence electrons. The number of carbonyl (C=O) groups excluding carboxylic acids is 4. The zero-order valence-electron chi connectivity index (χ0n) is 12.1. The second-order valence-electron chi connectivity index (χ2n) is 5.58. The number of carbonyl (C=O) groups is 4. The standard InChI is InChI=1S/C16H16N2O4/c17-4-2-1-3-5-18-15(21)11-6-9-10(7-12(11)16(18)22)14(20)8-13(9)19/h6-7H,1-5,8,17H2. The van der Waals surface area contributed by atoms with Gasteiger partial charge in [-0.15, -0.1) is 0 Å². The van der Waals surface area contributed by atoms with Gasteiger partial charge in [-0.2, -0.15) is 0 Å². The lowest BCUT2D eigenvalue weighted by Crippen LogP contribution is -2.30. The molecule has 0 bridgehead atoms. The highest BCUT2D eigenvalue weighted by Crippen LogP contribution is 2.31. The fourth-order valence-corrected chi connectivity index (χ4v) is 2.93. The van der Waals surface area contributed by atoms with Crippen LogP contribution in [-0.4, -0.2) is 41.4 Å². The van der Waals surface area contributed by atoms with Crippen LogP contribution in [0.15, 0.2) is 12.1 Å². The van der Waals surface area contributed by atoms with Crippen LogP contribution in [-0.2, 0) is 0 Å². The monoisotopic (exact) mass is 300 g/mol. The van der Waals surface area contributed by atoms with Crippen molar-refractivity contribution in [2.45, 2.75) is 25.7 Å². The number of fused-ring (bicyclic) bond motifs is 2. The SMILES string of the molecule is NCCCCCN1C(=O)c2cc3c(cc2C1=O)C(=O)CC3=O. The molecule has 0 aromatic heterocycles. The molecular formula is C16H16N2O4. The summed E-state index contributed by atoms with van der Waals surface area (Å²) in [5.41, 5.74) is 6.39. The van der Waals surface area contributed by atoms with Gasteiger partial charge in [-0.25, -0.2) is 0 Å². The van der Waals surface area contributed by atoms with Crippen LogP contribution in [0.2, 0.25) is 0 Å². The quantitative estimate of drug-likeness (QED) is 0.500. The fraction of sp³-hybridized carbons (Fsp3) is 0.375. The van der Waals surface area contributed by atoms with E-state index < -0.39 is 0 Å². The first-order valence-electron chi connectivity index (χ1n) is 7.35. The number of nitrogens with two attached hydrogens (primary N) is 1. The number of unbranched alkanes of at least 4 members (excludes halogenated alkanes) is 2. The number of hydrogen-bond donors (Lipinski definition) is 1. The summed E-state index contributed by atoms with van der Waals surface area (Å²) in [5, 5.41) is 0. The van der Waals surface area contributed by atoms with Gasteiger partial charge in [0.05, 0.1) is 17.5 Å². The summed E-state index contributed by atoms with van der Waals surface area (Å²) in [5.74, 6) is -1.35. The number of hydrogen-bond acceptors (Lipinski definition) is 5. The van der Waals surface area contributed by atoms with Crippen molar-refractivity contribution in [3.05, 3.63) is 34.4 Å². The molecule has 0 unspecified atom stereocenters. The summed E-state index contributed by atoms with van der Waals surface area (Å²) < 4.78 is 0. The molecule has 1 aliphatic heterocycles. The van der Waals surface area contributed by atoms with Gasteiger partial charge in [0.15, 0.2) is 11.6 Å². The highest BCUT2D eigenvalue weighted by Gasteiger charge is 2.39. The van der Waals surface area contributed by atoms with Crippen LogP contribution in [0.25, 0.3) is 0 Å². The van der Waals surface area contributed by atoms with Crippen LogP contribution >= 0.6 is 0 Å². The van der Waals surface area contributed by atoms with E-state index >= 15 is 0 Å². The molecule has 0 fully saturated rings. The fourth-order valence-electron chi connectivity index (χ4n) is 2.93. The van der Waals surface area contributed by atoms with E-state index in [2.05, 4.69) is 0 Å². The first-order chi connectivity index (χ1) is 10.5. The first kappa shape index (κ1) is 14.6. The molecule has 0 saturated heterocycles. The van der Waals surface area contributed by atoms with E-state index in [9.17, 15) is 19.2 Å². The molecule has 2 aliphatic rings. The lowest BCUT2D eigenvalue weighted by Gasteiger charge is -2.13. The highest BCUT2D eigenvalue weighted by atomic mass is 16.2. The Hall–Kier alpha value is -2.34. The Bertz CT molecular complexity index is 655. The summed E-state index contributed by atoms with van der Waals surface area (Å²) in [7, 11) is 0. The van der Waals surface area contributed by atoms with Crippen LogP contribution in [0.4, 0.5) is 0 Å². The van der Waals surface area contributed by atoms with Crippen molar-refractivity contribution in [2.75, 3.05) is 13.1 Å². The van der Waals surface area contributed by atoms with Crippen LogP contribution in [0.3, 0.4) is 0 Å². The average molecular weight is 300 g/mol. The molecule has 1 aromatic rings. The third kappa shape index (κ3) is 2.16. The van der Waals surface area contributed by atoms with E-state index in [0.29, 0.717) is 19.5 Å². The maximum absolute atomic E-state index is 12.3. The van der Waals surface area contributed by atoms with E-state index in [1.807, 2.05) is 0 Å². The van der Waals surface area contributed by atoms with Crippen LogP contribution < -0.4 is 5.73 Å². The van der Waals surface area contributed by atoms with Gasteiger partial charge in [0.25, 0.3) is 11.8 Å². The Kier molecular flexibility index (Phi) is 3.62. The summed E-state index contributed by atoms with van der Waals surface area (Å²) in [6.45, 7) is 0.915. The minimum atomic E-state index is -0.386. The van der Waals surface area contributed by atoms with Crippen molar-refractivity contribution >= 4 is 23.4 Å². The van der Waals surface area contributed by atoms with Crippen LogP contribution in [0, 0.1) is 0 Å². The van der Waals surface area contributed by atoms with Crippen molar-refractivity contribution in [2.24, 2.45) is 5.73 Å². The number of imide groups is 1. The van der Waals surface area contributed by atoms with Crippen molar-refractivity contribution in [3.63, 3.8) is 0 Å². The third-order valence-corrected chi connectivity index (χ3v) is 4.12. The predicted octanol–water partition coefficient (Wildman–Crippen LogP) is 1.18. The minimum Gasteiger partial charge on any atom is -0.330 e. The maximum atomic E-state index is 12.3. The predicted molar refractivity (Wildman–Crippen MR) is 78.0 cm³/mol. The maximum Gasteiger partial charge on any atom is 0.261 e. The van der Waals surface area contributed by atoms with Crippen molar-refractivity contribution in [1.29, 1.82) is 0 Å². The van der Waals surface area contributed by atoms with Gasteiger partial charge in [-0.3, -0.25) is 24.1 Å². The number of benzene rings is 1. The zero-order chi connectivity index (χ0) is 15.9. The summed E-state index contributed by atoms with van der Waals surface area (Å²) in [6, 6.07) is 2.80. The number of nitrogens with zero attached hydrogens (tertiary/aromatic N) is 1. The molecular weight excluding hydrogens is 284 g/mol. The normalized spacial score (nSPS) is 16.5. The number of Topliss-reactive ketones (excluding diaryl/α,β-unsaturated/α-hetero) is 2. The van der Waals surface area contributed by atoms with Crippen molar-refractivity contribution in [3.8, 4) is 0 Å². The lowest BCUT2D eigenvalue weighted by molar-refractivity contribution is 0.0651. The molecule has 0 spiro atoms. The Morgan fingerprint density at radius 3 is 1.86 bits per heavy atom. The van der Waals surface area contributed by atoms with Gasteiger partial charge >= 0.3 is 0 Å². The molecule has 3 rings (SSSR count). The van der Waals surface area contributed by atoms with Gasteiger partial charge in [0.2, 0.25) is 0 Å². The second-order valence-corrected chi connectivity index (χ2v) is 5.58. The van der Waals surface area contributed by atoms with E-state index in [4.69, 9.17) is 5.73 Å². The molecule has 1 aliphatic carbocycles. The van der Waals surface area contributed by atoms with Crippen molar-refractivity contribution in [1.82, 2.24) is 4.90 Å². The molecule has 1 heterocycles. The molecule has 0 atom stereocenters. The van der Waals surface area contributed by atoms with Gasteiger partial charge < -0.3 is 5.73 Å². The minimum absolute atomic E-state index is 0.177. The largest absolute Gasteiger partial charge is 0.330 e. The lowest BCUT2D eigenvalue weighted by atomic mass is 10.0. The van der Waals surface area contributed by atoms with Gasteiger partial charge in [-0.1, -0.05) is 6.42 Å². The average Bonchev–Trinajstić information content (AvgIpc) is 2.91. The summed E-state index contributed by atoms with van der Waals surface area (Å²) >= 11 is 0. The van der Waals surface area contributed by atoms with E-state index in [0.717, 1.165) is 12.8 Å². The Labute approximate surface area is 127 Å². The van der Waals surface area contributed by atoms with Gasteiger partial charge in [-0.05, 0) is 31.5 Å². The van der Waals surface area contributed by atoms with E-state index in [1.165, 1.54) is 17.0 Å². The molecule has 6 heteroatoms. The van der Waals surface area contributed by atoms with Crippen molar-refractivity contribution < 1.29 is 19.2 Å². The summed E-state index contributed by atoms with van der Waals surface area (Å²) in [4.78, 5) is 49.4. The van der Waals surface area contributed by atoms with E-state index in [1.54, 1.807) is 0 Å². The molecule has 1 aromatic carbocycles. The number of amides is 2. The van der Waals surface area contributed by atoms with Crippen LogP contribution in [0.1, 0.15) is 67.1 Å². The molecule has 0 radical (unpaired) electrons. The molecule has 2 N–H and O–H groups in total. The van der Waals surface area contributed by atoms with Gasteiger partial charge in [0, 0.05) is 17.7 Å².